The lowest BCUT2D eigenvalue weighted by atomic mass is 10.1. The van der Waals surface area contributed by atoms with Crippen LogP contribution in [0.3, 0.4) is 0 Å². The number of anilines is 1. The number of hydrogen-bond acceptors (Lipinski definition) is 4. The Hall–Kier alpha value is -1.40. The van der Waals surface area contributed by atoms with E-state index in [1.165, 1.54) is 11.3 Å². The Morgan fingerprint density at radius 3 is 2.75 bits per heavy atom. The van der Waals surface area contributed by atoms with Crippen LogP contribution in [0.5, 0.6) is 0 Å². The topological polar surface area (TPSA) is 75.6 Å². The Kier molecular flexibility index (Phi) is 4.77. The van der Waals surface area contributed by atoms with E-state index in [0.717, 1.165) is 24.1 Å². The van der Waals surface area contributed by atoms with Crippen LogP contribution in [0.1, 0.15) is 46.5 Å². The van der Waals surface area contributed by atoms with Crippen molar-refractivity contribution >= 4 is 28.2 Å². The van der Waals surface area contributed by atoms with Gasteiger partial charge < -0.3 is 15.2 Å². The number of rotatable bonds is 4. The summed E-state index contributed by atoms with van der Waals surface area (Å²) in [6, 6.07) is 0. The van der Waals surface area contributed by atoms with E-state index in [1.807, 2.05) is 6.92 Å². The van der Waals surface area contributed by atoms with E-state index in [4.69, 9.17) is 4.74 Å². The van der Waals surface area contributed by atoms with Gasteiger partial charge in [0.15, 0.2) is 0 Å². The molecule has 0 bridgehead atoms. The summed E-state index contributed by atoms with van der Waals surface area (Å²) in [5.41, 5.74) is 0.914. The molecule has 2 N–H and O–H groups in total. The zero-order valence-corrected chi connectivity index (χ0v) is 12.5. The predicted molar refractivity (Wildman–Crippen MR) is 77.6 cm³/mol. The van der Waals surface area contributed by atoms with Crippen molar-refractivity contribution in [1.29, 1.82) is 0 Å². The Balaban J connectivity index is 2.04. The molecule has 1 saturated heterocycles. The highest BCUT2D eigenvalue weighted by molar-refractivity contribution is 7.16. The number of carboxylic acid groups (broad SMARTS) is 1. The molecule has 5 nitrogen and oxygen atoms in total. The Morgan fingerprint density at radius 1 is 1.40 bits per heavy atom. The molecular formula is C14H19NO4S. The molecule has 1 unspecified atom stereocenters. The molecule has 1 amide bonds. The number of carboxylic acids is 1. The molecule has 0 radical (unpaired) electrons. The van der Waals surface area contributed by atoms with E-state index in [1.54, 1.807) is 6.92 Å². The Morgan fingerprint density at radius 2 is 2.15 bits per heavy atom. The molecule has 0 aromatic carbocycles. The first-order valence-corrected chi connectivity index (χ1v) is 7.55. The van der Waals surface area contributed by atoms with Gasteiger partial charge in [-0.2, -0.15) is 0 Å². The number of carbonyl (C=O) groups is 2. The molecule has 2 rings (SSSR count). The third kappa shape index (κ3) is 3.37. The smallest absolute Gasteiger partial charge is 0.338 e. The van der Waals surface area contributed by atoms with Gasteiger partial charge in [-0.25, -0.2) is 4.79 Å². The molecule has 110 valence electrons. The maximum atomic E-state index is 12.0. The molecule has 1 aliphatic rings. The second-order valence-corrected chi connectivity index (χ2v) is 6.26. The first-order chi connectivity index (χ1) is 9.49. The van der Waals surface area contributed by atoms with Crippen molar-refractivity contribution in [2.75, 3.05) is 11.9 Å². The van der Waals surface area contributed by atoms with Crippen molar-refractivity contribution in [3.8, 4) is 0 Å². The van der Waals surface area contributed by atoms with Gasteiger partial charge in [-0.3, -0.25) is 4.79 Å². The molecule has 1 fully saturated rings. The predicted octanol–water partition coefficient (Wildman–Crippen LogP) is 2.96. The van der Waals surface area contributed by atoms with Gasteiger partial charge in [0, 0.05) is 11.5 Å². The van der Waals surface area contributed by atoms with Crippen molar-refractivity contribution in [2.24, 2.45) is 0 Å². The average molecular weight is 297 g/mol. The fraction of sp³-hybridized carbons (Fsp3) is 0.571. The maximum Gasteiger partial charge on any atom is 0.338 e. The molecule has 2 heterocycles. The van der Waals surface area contributed by atoms with Gasteiger partial charge in [-0.05, 0) is 38.7 Å². The van der Waals surface area contributed by atoms with Crippen LogP contribution in [-0.4, -0.2) is 29.7 Å². The van der Waals surface area contributed by atoms with Crippen LogP contribution in [-0.2, 0) is 9.53 Å². The third-order valence-electron chi connectivity index (χ3n) is 3.54. The van der Waals surface area contributed by atoms with Gasteiger partial charge >= 0.3 is 5.97 Å². The zero-order valence-electron chi connectivity index (χ0n) is 11.7. The first-order valence-electron chi connectivity index (χ1n) is 6.73. The summed E-state index contributed by atoms with van der Waals surface area (Å²) in [6.07, 6.45) is 3.26. The maximum absolute atomic E-state index is 12.0. The van der Waals surface area contributed by atoms with Crippen LogP contribution in [0.2, 0.25) is 0 Å². The normalized spacial score (nSPS) is 18.8. The van der Waals surface area contributed by atoms with Crippen molar-refractivity contribution < 1.29 is 19.4 Å². The minimum atomic E-state index is -1.00. The number of aromatic carboxylic acids is 1. The lowest BCUT2D eigenvalue weighted by Gasteiger charge is -2.21. The van der Waals surface area contributed by atoms with Crippen molar-refractivity contribution in [2.45, 2.75) is 45.6 Å². The number of aryl methyl sites for hydroxylation is 1. The van der Waals surface area contributed by atoms with Gasteiger partial charge in [0.2, 0.25) is 5.91 Å². The van der Waals surface area contributed by atoms with E-state index >= 15 is 0 Å². The zero-order chi connectivity index (χ0) is 14.7. The molecule has 6 heteroatoms. The number of thiophene rings is 1. The highest BCUT2D eigenvalue weighted by Crippen LogP contribution is 2.32. The van der Waals surface area contributed by atoms with Gasteiger partial charge in [0.25, 0.3) is 0 Å². The highest BCUT2D eigenvalue weighted by atomic mass is 32.1. The van der Waals surface area contributed by atoms with E-state index in [-0.39, 0.29) is 24.0 Å². The van der Waals surface area contributed by atoms with Crippen molar-refractivity contribution in [3.05, 3.63) is 16.0 Å². The summed E-state index contributed by atoms with van der Waals surface area (Å²) < 4.78 is 5.52. The molecule has 0 aliphatic carbocycles. The number of hydrogen-bond donors (Lipinski definition) is 2. The molecule has 20 heavy (non-hydrogen) atoms. The average Bonchev–Trinajstić information content (AvgIpc) is 2.65. The summed E-state index contributed by atoms with van der Waals surface area (Å²) in [5, 5.41) is 12.4. The van der Waals surface area contributed by atoms with Crippen LogP contribution in [0.25, 0.3) is 0 Å². The molecule has 1 aliphatic heterocycles. The quantitative estimate of drug-likeness (QED) is 0.896. The number of ether oxygens (including phenoxy) is 1. The summed E-state index contributed by atoms with van der Waals surface area (Å²) in [5.74, 6) is -1.18. The first kappa shape index (κ1) is 15.0. The van der Waals surface area contributed by atoms with E-state index in [2.05, 4.69) is 5.32 Å². The van der Waals surface area contributed by atoms with Crippen LogP contribution in [0, 0.1) is 13.8 Å². The molecule has 0 saturated carbocycles. The largest absolute Gasteiger partial charge is 0.478 e. The van der Waals surface area contributed by atoms with Gasteiger partial charge in [0.1, 0.15) is 5.00 Å². The number of amides is 1. The second-order valence-electron chi connectivity index (χ2n) is 5.03. The summed E-state index contributed by atoms with van der Waals surface area (Å²) >= 11 is 1.31. The molecule has 1 aromatic heterocycles. The Bertz CT molecular complexity index is 517. The highest BCUT2D eigenvalue weighted by Gasteiger charge is 2.22. The molecule has 1 atom stereocenters. The monoisotopic (exact) mass is 297 g/mol. The Labute approximate surface area is 121 Å². The minimum absolute atomic E-state index is 0.0424. The minimum Gasteiger partial charge on any atom is -0.478 e. The van der Waals surface area contributed by atoms with E-state index in [9.17, 15) is 14.7 Å². The van der Waals surface area contributed by atoms with Crippen LogP contribution in [0.15, 0.2) is 0 Å². The summed E-state index contributed by atoms with van der Waals surface area (Å²) in [4.78, 5) is 24.2. The van der Waals surface area contributed by atoms with Crippen LogP contribution in [0.4, 0.5) is 5.00 Å². The van der Waals surface area contributed by atoms with Crippen LogP contribution >= 0.6 is 11.3 Å². The number of nitrogens with one attached hydrogen (secondary N) is 1. The molecule has 0 spiro atoms. The summed E-state index contributed by atoms with van der Waals surface area (Å²) in [7, 11) is 0. The van der Waals surface area contributed by atoms with Crippen molar-refractivity contribution in [1.82, 2.24) is 0 Å². The summed E-state index contributed by atoms with van der Waals surface area (Å²) in [6.45, 7) is 4.32. The van der Waals surface area contributed by atoms with Gasteiger partial charge in [-0.15, -0.1) is 11.3 Å². The fourth-order valence-corrected chi connectivity index (χ4v) is 3.39. The fourth-order valence-electron chi connectivity index (χ4n) is 2.33. The number of carbonyl (C=O) groups excluding carboxylic acids is 1. The van der Waals surface area contributed by atoms with Crippen LogP contribution < -0.4 is 5.32 Å². The van der Waals surface area contributed by atoms with E-state index < -0.39 is 5.97 Å². The lowest BCUT2D eigenvalue weighted by molar-refractivity contribution is -0.119. The third-order valence-corrected chi connectivity index (χ3v) is 4.66. The SMILES string of the molecule is Cc1sc(NC(=O)CC2CCCCO2)c(C(=O)O)c1C. The molecule has 1 aromatic rings. The standard InChI is InChI=1S/C14H19NO4S/c1-8-9(2)20-13(12(8)14(17)18)15-11(16)7-10-5-3-4-6-19-10/h10H,3-7H2,1-2H3,(H,15,16)(H,17,18). The lowest BCUT2D eigenvalue weighted by Crippen LogP contribution is -2.25. The van der Waals surface area contributed by atoms with Gasteiger partial charge in [0.05, 0.1) is 18.1 Å². The van der Waals surface area contributed by atoms with Gasteiger partial charge in [-0.1, -0.05) is 0 Å². The van der Waals surface area contributed by atoms with Crippen molar-refractivity contribution in [3.63, 3.8) is 0 Å². The second kappa shape index (κ2) is 6.37. The molecular weight excluding hydrogens is 278 g/mol. The van der Waals surface area contributed by atoms with E-state index in [0.29, 0.717) is 17.2 Å².